The molecule has 7 nitrogen and oxygen atoms in total. The Labute approximate surface area is 192 Å². The van der Waals surface area contributed by atoms with Crippen molar-refractivity contribution in [2.45, 2.75) is 6.54 Å². The second-order valence-electron chi connectivity index (χ2n) is 7.10. The van der Waals surface area contributed by atoms with Crippen LogP contribution in [0.25, 0.3) is 28.1 Å². The monoisotopic (exact) mass is 467 g/mol. The van der Waals surface area contributed by atoms with Gasteiger partial charge in [-0.15, -0.1) is 0 Å². The summed E-state index contributed by atoms with van der Waals surface area (Å²) in [6.07, 6.45) is 0. The number of imidazole rings is 1. The second kappa shape index (κ2) is 8.18. The van der Waals surface area contributed by atoms with E-state index in [1.807, 2.05) is 59.2 Å². The van der Waals surface area contributed by atoms with Gasteiger partial charge in [0, 0.05) is 22.7 Å². The van der Waals surface area contributed by atoms with Crippen molar-refractivity contribution in [3.8, 4) is 22.8 Å². The highest BCUT2D eigenvalue weighted by molar-refractivity contribution is 6.36. The minimum Gasteiger partial charge on any atom is -0.497 e. The molecule has 0 spiro atoms. The Morgan fingerprint density at radius 3 is 2.62 bits per heavy atom. The van der Waals surface area contributed by atoms with E-state index in [1.165, 1.54) is 0 Å². The fourth-order valence-electron chi connectivity index (χ4n) is 3.63. The van der Waals surface area contributed by atoms with Gasteiger partial charge in [-0.1, -0.05) is 35.3 Å². The lowest BCUT2D eigenvalue weighted by Gasteiger charge is -2.08. The first-order valence-corrected chi connectivity index (χ1v) is 10.5. The molecule has 0 atom stereocenters. The summed E-state index contributed by atoms with van der Waals surface area (Å²) in [5, 5.41) is 3.68. The molecule has 0 aliphatic rings. The third-order valence-electron chi connectivity index (χ3n) is 5.20. The Bertz CT molecular complexity index is 1490. The van der Waals surface area contributed by atoms with E-state index >= 15 is 0 Å². The smallest absolute Gasteiger partial charge is 0.432 e. The van der Waals surface area contributed by atoms with Gasteiger partial charge in [-0.05, 0) is 52.4 Å². The van der Waals surface area contributed by atoms with Crippen LogP contribution in [0.3, 0.4) is 0 Å². The van der Waals surface area contributed by atoms with Crippen LogP contribution in [-0.2, 0) is 6.54 Å². The van der Waals surface area contributed by atoms with E-state index in [1.54, 1.807) is 23.9 Å². The lowest BCUT2D eigenvalue weighted by molar-refractivity contribution is -0.677. The number of halogens is 2. The van der Waals surface area contributed by atoms with Gasteiger partial charge >= 0.3 is 11.3 Å². The van der Waals surface area contributed by atoms with Crippen molar-refractivity contribution < 1.29 is 13.9 Å². The van der Waals surface area contributed by atoms with Crippen LogP contribution in [0.1, 0.15) is 5.69 Å². The first-order chi connectivity index (χ1) is 15.5. The van der Waals surface area contributed by atoms with Crippen LogP contribution >= 0.6 is 23.2 Å². The van der Waals surface area contributed by atoms with Gasteiger partial charge in [0.25, 0.3) is 0 Å². The molecule has 9 heteroatoms. The molecule has 5 aromatic rings. The van der Waals surface area contributed by atoms with Crippen molar-refractivity contribution >= 4 is 34.2 Å². The van der Waals surface area contributed by atoms with E-state index in [0.717, 1.165) is 16.7 Å². The first-order valence-electron chi connectivity index (χ1n) is 9.72. The molecule has 2 heterocycles. The van der Waals surface area contributed by atoms with Gasteiger partial charge in [0.1, 0.15) is 18.1 Å². The molecule has 0 unspecified atom stereocenters. The number of nitrogens with one attached hydrogen (secondary N) is 1. The number of hydrogen-bond donors (Lipinski definition) is 1. The van der Waals surface area contributed by atoms with Crippen molar-refractivity contribution in [3.05, 3.63) is 92.9 Å². The van der Waals surface area contributed by atoms with Crippen molar-refractivity contribution in [2.75, 3.05) is 7.11 Å². The zero-order valence-electron chi connectivity index (χ0n) is 16.9. The van der Waals surface area contributed by atoms with Gasteiger partial charge < -0.3 is 9.30 Å². The standard InChI is InChI=1S/C23H16Cl2N4O3/c1-31-16-9-7-15(8-10-16)29-21(23(30)32-27-29)13-28-20-5-3-2-4-19(20)26-22(28)17-11-6-14(24)12-18(17)25/h2-12H,13H2,1H3/p+1. The maximum absolute atomic E-state index is 12.6. The van der Waals surface area contributed by atoms with Crippen molar-refractivity contribution in [3.63, 3.8) is 0 Å². The van der Waals surface area contributed by atoms with Crippen molar-refractivity contribution in [2.24, 2.45) is 0 Å². The van der Waals surface area contributed by atoms with E-state index in [0.29, 0.717) is 32.9 Å². The summed E-state index contributed by atoms with van der Waals surface area (Å²) in [4.78, 5) is 17.4. The van der Waals surface area contributed by atoms with Crippen LogP contribution in [0, 0.1) is 0 Å². The predicted molar refractivity (Wildman–Crippen MR) is 122 cm³/mol. The van der Waals surface area contributed by atoms with E-state index in [2.05, 4.69) is 5.27 Å². The Morgan fingerprint density at radius 2 is 1.88 bits per heavy atom. The summed E-state index contributed by atoms with van der Waals surface area (Å²) in [6.45, 7) is 0.201. The first kappa shape index (κ1) is 20.4. The number of methoxy groups -OCH3 is 1. The SMILES string of the molecule is COc1ccc(-[n+]2[nH]oc(=O)c2Cn2c(-c3ccc(Cl)cc3Cl)nc3ccccc32)cc1. The summed E-state index contributed by atoms with van der Waals surface area (Å²) in [6, 6.07) is 20.2. The summed E-state index contributed by atoms with van der Waals surface area (Å²) in [5.74, 6) is 1.33. The fraction of sp³-hybridized carbons (Fsp3) is 0.0870. The number of rotatable bonds is 5. The minimum absolute atomic E-state index is 0.201. The molecule has 0 bridgehead atoms. The highest BCUT2D eigenvalue weighted by Crippen LogP contribution is 2.32. The topological polar surface area (TPSA) is 76.9 Å². The molecule has 1 N–H and O–H groups in total. The van der Waals surface area contributed by atoms with Gasteiger partial charge in [0.15, 0.2) is 0 Å². The molecule has 0 aliphatic carbocycles. The number of para-hydroxylation sites is 2. The van der Waals surface area contributed by atoms with Crippen LogP contribution in [-0.4, -0.2) is 21.9 Å². The molecule has 0 radical (unpaired) electrons. The number of nitrogens with zero attached hydrogens (tertiary/aromatic N) is 3. The molecular weight excluding hydrogens is 451 g/mol. The molecule has 160 valence electrons. The number of hydrogen-bond acceptors (Lipinski definition) is 4. The number of benzene rings is 3. The third-order valence-corrected chi connectivity index (χ3v) is 5.75. The van der Waals surface area contributed by atoms with E-state index in [9.17, 15) is 4.79 Å². The van der Waals surface area contributed by atoms with Crippen LogP contribution in [0.4, 0.5) is 0 Å². The van der Waals surface area contributed by atoms with Crippen molar-refractivity contribution in [1.29, 1.82) is 0 Å². The summed E-state index contributed by atoms with van der Waals surface area (Å²) in [7, 11) is 1.60. The molecule has 2 aromatic heterocycles. The average molecular weight is 468 g/mol. The maximum atomic E-state index is 12.6. The van der Waals surface area contributed by atoms with Crippen LogP contribution < -0.4 is 15.0 Å². The van der Waals surface area contributed by atoms with Crippen molar-refractivity contribution in [1.82, 2.24) is 14.8 Å². The van der Waals surface area contributed by atoms with E-state index in [-0.39, 0.29) is 6.54 Å². The van der Waals surface area contributed by atoms with Crippen LogP contribution in [0.15, 0.2) is 76.0 Å². The summed E-state index contributed by atoms with van der Waals surface area (Å²) >= 11 is 12.6. The molecule has 0 aliphatic heterocycles. The average Bonchev–Trinajstić information content (AvgIpc) is 3.35. The quantitative estimate of drug-likeness (QED) is 0.382. The lowest BCUT2D eigenvalue weighted by atomic mass is 10.2. The highest BCUT2D eigenvalue weighted by Gasteiger charge is 2.26. The Kier molecular flexibility index (Phi) is 5.20. The summed E-state index contributed by atoms with van der Waals surface area (Å²) < 4.78 is 13.9. The Hall–Kier alpha value is -3.55. The van der Waals surface area contributed by atoms with Crippen LogP contribution in [0.5, 0.6) is 5.75 Å². The van der Waals surface area contributed by atoms with E-state index < -0.39 is 5.63 Å². The number of H-pyrrole nitrogens is 1. The molecular formula is C23H17Cl2N4O3+. The molecule has 0 fully saturated rings. The van der Waals surface area contributed by atoms with Gasteiger partial charge in [-0.3, -0.25) is 4.52 Å². The largest absolute Gasteiger partial charge is 0.497 e. The molecule has 32 heavy (non-hydrogen) atoms. The second-order valence-corrected chi connectivity index (χ2v) is 7.94. The number of aromatic nitrogens is 4. The summed E-state index contributed by atoms with van der Waals surface area (Å²) in [5.41, 5.74) is 2.99. The Morgan fingerprint density at radius 1 is 1.09 bits per heavy atom. The predicted octanol–water partition coefficient (Wildman–Crippen LogP) is 4.63. The highest BCUT2D eigenvalue weighted by atomic mass is 35.5. The molecule has 5 rings (SSSR count). The number of fused-ring (bicyclic) bond motifs is 1. The maximum Gasteiger partial charge on any atom is 0.432 e. The van der Waals surface area contributed by atoms with Crippen LogP contribution in [0.2, 0.25) is 10.0 Å². The van der Waals surface area contributed by atoms with Gasteiger partial charge in [-0.25, -0.2) is 9.78 Å². The normalized spacial score (nSPS) is 11.2. The number of ether oxygens (including phenoxy) is 1. The zero-order valence-corrected chi connectivity index (χ0v) is 18.4. The minimum atomic E-state index is -0.480. The molecule has 0 saturated carbocycles. The lowest BCUT2D eigenvalue weighted by Crippen LogP contribution is -2.39. The number of aromatic amines is 1. The van der Waals surface area contributed by atoms with Gasteiger partial charge in [-0.2, -0.15) is 0 Å². The van der Waals surface area contributed by atoms with Gasteiger partial charge in [0.05, 0.1) is 23.2 Å². The van der Waals surface area contributed by atoms with Gasteiger partial charge in [0.2, 0.25) is 5.69 Å². The molecule has 0 saturated heterocycles. The zero-order chi connectivity index (χ0) is 22.2. The third kappa shape index (κ3) is 3.55. The Balaban J connectivity index is 1.67. The molecule has 0 amide bonds. The molecule has 3 aromatic carbocycles. The fourth-order valence-corrected chi connectivity index (χ4v) is 4.12. The van der Waals surface area contributed by atoms with E-state index in [4.69, 9.17) is 37.4 Å².